The van der Waals surface area contributed by atoms with E-state index in [0.29, 0.717) is 11.5 Å². The number of nitrogens with zero attached hydrogens (tertiary/aromatic N) is 2. The van der Waals surface area contributed by atoms with E-state index < -0.39 is 0 Å². The molecule has 96 valence electrons. The van der Waals surface area contributed by atoms with E-state index in [1.807, 2.05) is 16.8 Å². The van der Waals surface area contributed by atoms with Crippen LogP contribution in [0.1, 0.15) is 19.4 Å². The number of benzene rings is 1. The van der Waals surface area contributed by atoms with Gasteiger partial charge in [0.05, 0.1) is 0 Å². The van der Waals surface area contributed by atoms with Crippen molar-refractivity contribution in [3.8, 4) is 5.69 Å². The number of rotatable bonds is 4. The summed E-state index contributed by atoms with van der Waals surface area (Å²) in [6, 6.07) is 5.05. The molecule has 0 radical (unpaired) electrons. The van der Waals surface area contributed by atoms with Crippen LogP contribution in [0.5, 0.6) is 0 Å². The first-order valence-corrected chi connectivity index (χ1v) is 6.11. The molecule has 4 heteroatoms. The minimum Gasteiger partial charge on any atom is -0.355 e. The van der Waals surface area contributed by atoms with Gasteiger partial charge in [0.25, 0.3) is 0 Å². The molecule has 0 atom stereocenters. The van der Waals surface area contributed by atoms with Gasteiger partial charge in [0.15, 0.2) is 0 Å². The Kier molecular flexibility index (Phi) is 3.65. The van der Waals surface area contributed by atoms with Crippen LogP contribution >= 0.6 is 0 Å². The predicted molar refractivity (Wildman–Crippen MR) is 71.6 cm³/mol. The lowest BCUT2D eigenvalue weighted by molar-refractivity contribution is 0.618. The molecule has 0 aliphatic rings. The zero-order valence-electron chi connectivity index (χ0n) is 10.9. The Labute approximate surface area is 107 Å². The number of hydrogen-bond acceptors (Lipinski definition) is 2. The zero-order valence-corrected chi connectivity index (χ0v) is 10.9. The third-order valence-electron chi connectivity index (χ3n) is 2.73. The van der Waals surface area contributed by atoms with Gasteiger partial charge in [-0.25, -0.2) is 9.37 Å². The first kappa shape index (κ1) is 12.6. The van der Waals surface area contributed by atoms with Crippen molar-refractivity contribution in [2.75, 3.05) is 11.9 Å². The van der Waals surface area contributed by atoms with Gasteiger partial charge in [-0.15, -0.1) is 0 Å². The Hall–Kier alpha value is -1.84. The van der Waals surface area contributed by atoms with E-state index in [-0.39, 0.29) is 5.82 Å². The summed E-state index contributed by atoms with van der Waals surface area (Å²) in [5.41, 5.74) is 1.55. The van der Waals surface area contributed by atoms with Crippen LogP contribution in [0.3, 0.4) is 0 Å². The second-order valence-corrected chi connectivity index (χ2v) is 4.83. The highest BCUT2D eigenvalue weighted by Gasteiger charge is 2.06. The fourth-order valence-electron chi connectivity index (χ4n) is 1.72. The highest BCUT2D eigenvalue weighted by molar-refractivity contribution is 5.43. The van der Waals surface area contributed by atoms with Gasteiger partial charge in [-0.05, 0) is 36.6 Å². The third-order valence-corrected chi connectivity index (χ3v) is 2.73. The van der Waals surface area contributed by atoms with Gasteiger partial charge in [0.2, 0.25) is 5.95 Å². The fourth-order valence-corrected chi connectivity index (χ4v) is 1.72. The zero-order chi connectivity index (χ0) is 13.1. The molecule has 0 aliphatic heterocycles. The van der Waals surface area contributed by atoms with Crippen molar-refractivity contribution in [3.05, 3.63) is 42.0 Å². The van der Waals surface area contributed by atoms with Crippen LogP contribution in [0.4, 0.5) is 10.3 Å². The first-order chi connectivity index (χ1) is 8.58. The van der Waals surface area contributed by atoms with Crippen molar-refractivity contribution in [1.82, 2.24) is 9.55 Å². The highest BCUT2D eigenvalue weighted by Crippen LogP contribution is 2.17. The molecule has 1 aromatic carbocycles. The topological polar surface area (TPSA) is 29.9 Å². The molecule has 2 aromatic rings. The number of hydrogen-bond donors (Lipinski definition) is 1. The molecule has 0 unspecified atom stereocenters. The summed E-state index contributed by atoms with van der Waals surface area (Å²) in [5, 5.41) is 3.28. The SMILES string of the molecule is Cc1cc(-n2ccnc2NCC(C)C)ccc1F. The average molecular weight is 247 g/mol. The van der Waals surface area contributed by atoms with Crippen LogP contribution in [-0.2, 0) is 0 Å². The van der Waals surface area contributed by atoms with E-state index in [4.69, 9.17) is 0 Å². The maximum atomic E-state index is 13.3. The Bertz CT molecular complexity index is 532. The van der Waals surface area contributed by atoms with Crippen molar-refractivity contribution in [2.45, 2.75) is 20.8 Å². The second-order valence-electron chi connectivity index (χ2n) is 4.83. The summed E-state index contributed by atoms with van der Waals surface area (Å²) in [5.74, 6) is 1.15. The predicted octanol–water partition coefficient (Wildman–Crippen LogP) is 3.39. The van der Waals surface area contributed by atoms with Crippen LogP contribution in [0, 0.1) is 18.7 Å². The molecular weight excluding hydrogens is 229 g/mol. The smallest absolute Gasteiger partial charge is 0.207 e. The number of aryl methyl sites for hydroxylation is 1. The molecule has 2 rings (SSSR count). The molecule has 0 saturated carbocycles. The molecule has 0 amide bonds. The second kappa shape index (κ2) is 5.21. The van der Waals surface area contributed by atoms with Gasteiger partial charge < -0.3 is 5.32 Å². The normalized spacial score (nSPS) is 10.9. The molecule has 0 bridgehead atoms. The quantitative estimate of drug-likeness (QED) is 0.897. The minimum absolute atomic E-state index is 0.185. The summed E-state index contributed by atoms with van der Waals surface area (Å²) in [4.78, 5) is 4.27. The number of halogens is 1. The third kappa shape index (κ3) is 2.70. The molecule has 0 saturated heterocycles. The lowest BCUT2D eigenvalue weighted by Crippen LogP contribution is -2.12. The molecule has 1 aromatic heterocycles. The molecule has 18 heavy (non-hydrogen) atoms. The molecule has 1 heterocycles. The number of imidazole rings is 1. The molecule has 3 nitrogen and oxygen atoms in total. The summed E-state index contributed by atoms with van der Waals surface area (Å²) in [6.45, 7) is 6.90. The monoisotopic (exact) mass is 247 g/mol. The molecule has 0 fully saturated rings. The Morgan fingerprint density at radius 3 is 2.83 bits per heavy atom. The van der Waals surface area contributed by atoms with Crippen LogP contribution in [0.2, 0.25) is 0 Å². The van der Waals surface area contributed by atoms with Crippen molar-refractivity contribution < 1.29 is 4.39 Å². The molecule has 1 N–H and O–H groups in total. The van der Waals surface area contributed by atoms with Gasteiger partial charge in [0.1, 0.15) is 5.82 Å². The lowest BCUT2D eigenvalue weighted by atomic mass is 10.2. The highest BCUT2D eigenvalue weighted by atomic mass is 19.1. The van der Waals surface area contributed by atoms with E-state index >= 15 is 0 Å². The molecule has 0 spiro atoms. The first-order valence-electron chi connectivity index (χ1n) is 6.11. The number of nitrogens with one attached hydrogen (secondary N) is 1. The van der Waals surface area contributed by atoms with Gasteiger partial charge in [-0.2, -0.15) is 0 Å². The van der Waals surface area contributed by atoms with Crippen molar-refractivity contribution in [1.29, 1.82) is 0 Å². The lowest BCUT2D eigenvalue weighted by Gasteiger charge is -2.12. The van der Waals surface area contributed by atoms with Crippen molar-refractivity contribution >= 4 is 5.95 Å². The van der Waals surface area contributed by atoms with E-state index in [1.54, 1.807) is 19.2 Å². The van der Waals surface area contributed by atoms with Gasteiger partial charge in [0, 0.05) is 24.6 Å². The van der Waals surface area contributed by atoms with Crippen molar-refractivity contribution in [3.63, 3.8) is 0 Å². The summed E-state index contributed by atoms with van der Waals surface area (Å²) >= 11 is 0. The van der Waals surface area contributed by atoms with Crippen LogP contribution in [-0.4, -0.2) is 16.1 Å². The fraction of sp³-hybridized carbons (Fsp3) is 0.357. The van der Waals surface area contributed by atoms with E-state index in [2.05, 4.69) is 24.1 Å². The summed E-state index contributed by atoms with van der Waals surface area (Å²) in [6.07, 6.45) is 3.61. The van der Waals surface area contributed by atoms with E-state index in [0.717, 1.165) is 18.2 Å². The Morgan fingerprint density at radius 2 is 2.17 bits per heavy atom. The average Bonchev–Trinajstić information content (AvgIpc) is 2.78. The van der Waals surface area contributed by atoms with E-state index in [9.17, 15) is 4.39 Å². The number of anilines is 1. The maximum Gasteiger partial charge on any atom is 0.207 e. The van der Waals surface area contributed by atoms with Gasteiger partial charge in [-0.3, -0.25) is 4.57 Å². The van der Waals surface area contributed by atoms with Crippen LogP contribution < -0.4 is 5.32 Å². The molecule has 0 aliphatic carbocycles. The van der Waals surface area contributed by atoms with Crippen molar-refractivity contribution in [2.24, 2.45) is 5.92 Å². The summed E-state index contributed by atoms with van der Waals surface area (Å²) in [7, 11) is 0. The number of aromatic nitrogens is 2. The van der Waals surface area contributed by atoms with Gasteiger partial charge >= 0.3 is 0 Å². The molecular formula is C14H18FN3. The Balaban J connectivity index is 2.27. The van der Waals surface area contributed by atoms with Crippen LogP contribution in [0.15, 0.2) is 30.6 Å². The standard InChI is InChI=1S/C14H18FN3/c1-10(2)9-17-14-16-6-7-18(14)12-4-5-13(15)11(3)8-12/h4-8,10H,9H2,1-3H3,(H,16,17). The van der Waals surface area contributed by atoms with Gasteiger partial charge in [-0.1, -0.05) is 13.8 Å². The minimum atomic E-state index is -0.185. The Morgan fingerprint density at radius 1 is 1.39 bits per heavy atom. The van der Waals surface area contributed by atoms with E-state index in [1.165, 1.54) is 6.07 Å². The largest absolute Gasteiger partial charge is 0.355 e. The summed E-state index contributed by atoms with van der Waals surface area (Å²) < 4.78 is 15.2. The van der Waals surface area contributed by atoms with Crippen LogP contribution in [0.25, 0.3) is 5.69 Å². The maximum absolute atomic E-state index is 13.3.